The zero-order valence-electron chi connectivity index (χ0n) is 7.46. The summed E-state index contributed by atoms with van der Waals surface area (Å²) in [5.74, 6) is 0.216. The summed E-state index contributed by atoms with van der Waals surface area (Å²) in [6, 6.07) is 8.15. The molecule has 1 aliphatic rings. The molecule has 0 aliphatic carbocycles. The van der Waals surface area contributed by atoms with E-state index in [0.29, 0.717) is 6.42 Å². The number of rotatable bonds is 0. The number of hydrogen-bond donors (Lipinski definition) is 0. The highest BCUT2D eigenvalue weighted by atomic mass is 79.9. The zero-order valence-corrected chi connectivity index (χ0v) is 9.04. The van der Waals surface area contributed by atoms with Gasteiger partial charge in [-0.05, 0) is 24.6 Å². The third kappa shape index (κ3) is 0.989. The highest BCUT2D eigenvalue weighted by molar-refractivity contribution is 9.10. The van der Waals surface area contributed by atoms with Crippen LogP contribution in [-0.4, -0.2) is 10.5 Å². The number of fused-ring (bicyclic) bond motifs is 3. The number of carbonyl (C=O) groups is 1. The molecular weight excluding hydrogens is 242 g/mol. The van der Waals surface area contributed by atoms with Gasteiger partial charge in [0.1, 0.15) is 0 Å². The number of aromatic nitrogens is 1. The monoisotopic (exact) mass is 249 g/mol. The van der Waals surface area contributed by atoms with Gasteiger partial charge in [-0.3, -0.25) is 9.36 Å². The Labute approximate surface area is 89.7 Å². The van der Waals surface area contributed by atoms with E-state index in [1.165, 1.54) is 0 Å². The van der Waals surface area contributed by atoms with Crippen LogP contribution in [0.15, 0.2) is 28.7 Å². The smallest absolute Gasteiger partial charge is 0.231 e. The molecule has 1 aromatic carbocycles. The number of hydrogen-bond acceptors (Lipinski definition) is 1. The summed E-state index contributed by atoms with van der Waals surface area (Å²) in [5, 5.41) is 1.15. The Kier molecular flexibility index (Phi) is 1.59. The Morgan fingerprint density at radius 3 is 2.93 bits per heavy atom. The molecular formula is C11H8BrNO. The molecule has 2 heterocycles. The van der Waals surface area contributed by atoms with Crippen LogP contribution in [0.4, 0.5) is 0 Å². The molecule has 2 aromatic rings. The summed E-state index contributed by atoms with van der Waals surface area (Å²) >= 11 is 3.42. The summed E-state index contributed by atoms with van der Waals surface area (Å²) in [4.78, 5) is 11.6. The minimum absolute atomic E-state index is 0.216. The number of benzene rings is 1. The molecule has 0 spiro atoms. The van der Waals surface area contributed by atoms with Gasteiger partial charge in [-0.2, -0.15) is 0 Å². The fraction of sp³-hybridized carbons (Fsp3) is 0.182. The quantitative estimate of drug-likeness (QED) is 0.704. The van der Waals surface area contributed by atoms with Crippen LogP contribution in [0.25, 0.3) is 10.9 Å². The minimum atomic E-state index is 0.216. The van der Waals surface area contributed by atoms with Crippen LogP contribution < -0.4 is 0 Å². The van der Waals surface area contributed by atoms with Crippen molar-refractivity contribution in [1.29, 1.82) is 0 Å². The van der Waals surface area contributed by atoms with Crippen molar-refractivity contribution in [2.24, 2.45) is 0 Å². The first-order valence-electron chi connectivity index (χ1n) is 4.59. The second kappa shape index (κ2) is 2.70. The van der Waals surface area contributed by atoms with Crippen molar-refractivity contribution in [2.75, 3.05) is 0 Å². The lowest BCUT2D eigenvalue weighted by molar-refractivity contribution is 0.0928. The van der Waals surface area contributed by atoms with E-state index >= 15 is 0 Å². The summed E-state index contributed by atoms with van der Waals surface area (Å²) in [5.41, 5.74) is 2.17. The van der Waals surface area contributed by atoms with Crippen molar-refractivity contribution < 1.29 is 4.79 Å². The second-order valence-corrected chi connectivity index (χ2v) is 4.48. The molecule has 2 nitrogen and oxygen atoms in total. The van der Waals surface area contributed by atoms with Crippen molar-refractivity contribution in [3.05, 3.63) is 34.4 Å². The number of halogens is 1. The molecule has 70 valence electrons. The molecule has 0 saturated heterocycles. The molecule has 0 N–H and O–H groups in total. The van der Waals surface area contributed by atoms with Gasteiger partial charge in [-0.25, -0.2) is 0 Å². The highest BCUT2D eigenvalue weighted by Gasteiger charge is 2.21. The van der Waals surface area contributed by atoms with Gasteiger partial charge in [0, 0.05) is 22.0 Å². The van der Waals surface area contributed by atoms with Crippen LogP contribution in [0.2, 0.25) is 0 Å². The fourth-order valence-electron chi connectivity index (χ4n) is 2.06. The molecule has 1 aromatic heterocycles. The molecule has 0 atom stereocenters. The summed E-state index contributed by atoms with van der Waals surface area (Å²) in [7, 11) is 0. The van der Waals surface area contributed by atoms with Gasteiger partial charge in [-0.1, -0.05) is 22.0 Å². The van der Waals surface area contributed by atoms with Gasteiger partial charge < -0.3 is 0 Å². The first kappa shape index (κ1) is 8.24. The van der Waals surface area contributed by atoms with E-state index in [1.807, 2.05) is 22.8 Å². The van der Waals surface area contributed by atoms with Gasteiger partial charge in [0.05, 0.1) is 5.52 Å². The largest absolute Gasteiger partial charge is 0.284 e. The number of nitrogens with zero attached hydrogens (tertiary/aromatic N) is 1. The Balaban J connectivity index is 2.43. The summed E-state index contributed by atoms with van der Waals surface area (Å²) < 4.78 is 2.85. The molecule has 0 amide bonds. The Hall–Kier alpha value is -1.09. The van der Waals surface area contributed by atoms with Crippen LogP contribution >= 0.6 is 15.9 Å². The molecule has 0 unspecified atom stereocenters. The van der Waals surface area contributed by atoms with Gasteiger partial charge in [0.15, 0.2) is 0 Å². The maximum Gasteiger partial charge on any atom is 0.231 e. The van der Waals surface area contributed by atoms with Crippen LogP contribution in [0.3, 0.4) is 0 Å². The van der Waals surface area contributed by atoms with E-state index in [-0.39, 0.29) is 5.91 Å². The molecule has 3 rings (SSSR count). The van der Waals surface area contributed by atoms with Gasteiger partial charge >= 0.3 is 0 Å². The first-order valence-corrected chi connectivity index (χ1v) is 5.38. The van der Waals surface area contributed by atoms with E-state index in [1.54, 1.807) is 0 Å². The molecule has 1 aliphatic heterocycles. The Bertz CT molecular complexity index is 541. The van der Waals surface area contributed by atoms with Crippen LogP contribution in [0, 0.1) is 0 Å². The SMILES string of the molecule is O=C1CCc2cc3ccc(Br)cc3n21. The van der Waals surface area contributed by atoms with E-state index in [2.05, 4.69) is 22.0 Å². The number of carbonyl (C=O) groups excluding carboxylic acids is 1. The van der Waals surface area contributed by atoms with Crippen LogP contribution in [0.5, 0.6) is 0 Å². The lowest BCUT2D eigenvalue weighted by Crippen LogP contribution is -2.02. The molecule has 3 heteroatoms. The second-order valence-electron chi connectivity index (χ2n) is 3.57. The predicted molar refractivity (Wildman–Crippen MR) is 58.6 cm³/mol. The van der Waals surface area contributed by atoms with Crippen LogP contribution in [-0.2, 0) is 6.42 Å². The molecule has 0 bridgehead atoms. The van der Waals surface area contributed by atoms with Crippen molar-refractivity contribution >= 4 is 32.7 Å². The topological polar surface area (TPSA) is 22.0 Å². The molecule has 0 fully saturated rings. The average molecular weight is 250 g/mol. The normalized spacial score (nSPS) is 15.1. The Morgan fingerprint density at radius 1 is 1.21 bits per heavy atom. The van der Waals surface area contributed by atoms with E-state index < -0.39 is 0 Å². The maximum absolute atomic E-state index is 11.6. The van der Waals surface area contributed by atoms with E-state index in [0.717, 1.165) is 27.5 Å². The van der Waals surface area contributed by atoms with Crippen LogP contribution in [0.1, 0.15) is 16.9 Å². The van der Waals surface area contributed by atoms with Crippen molar-refractivity contribution in [2.45, 2.75) is 12.8 Å². The number of aryl methyl sites for hydroxylation is 1. The molecule has 0 saturated carbocycles. The van der Waals surface area contributed by atoms with Crippen molar-refractivity contribution in [3.63, 3.8) is 0 Å². The molecule has 0 radical (unpaired) electrons. The third-order valence-electron chi connectivity index (χ3n) is 2.69. The standard InChI is InChI=1S/C11H8BrNO/c12-8-2-1-7-5-9-3-4-11(14)13(9)10(7)6-8/h1-2,5-6H,3-4H2. The minimum Gasteiger partial charge on any atom is -0.284 e. The third-order valence-corrected chi connectivity index (χ3v) is 3.18. The van der Waals surface area contributed by atoms with Gasteiger partial charge in [0.25, 0.3) is 0 Å². The van der Waals surface area contributed by atoms with Gasteiger partial charge in [0.2, 0.25) is 5.91 Å². The van der Waals surface area contributed by atoms with E-state index in [4.69, 9.17) is 0 Å². The maximum atomic E-state index is 11.6. The average Bonchev–Trinajstić information content (AvgIpc) is 2.67. The fourth-order valence-corrected chi connectivity index (χ4v) is 2.41. The highest BCUT2D eigenvalue weighted by Crippen LogP contribution is 2.28. The lowest BCUT2D eigenvalue weighted by atomic mass is 10.2. The zero-order chi connectivity index (χ0) is 9.71. The molecule has 14 heavy (non-hydrogen) atoms. The Morgan fingerprint density at radius 2 is 2.07 bits per heavy atom. The first-order chi connectivity index (χ1) is 6.75. The van der Waals surface area contributed by atoms with Crippen molar-refractivity contribution in [1.82, 2.24) is 4.57 Å². The lowest BCUT2D eigenvalue weighted by Gasteiger charge is -1.98. The van der Waals surface area contributed by atoms with E-state index in [9.17, 15) is 4.79 Å². The van der Waals surface area contributed by atoms with Crippen molar-refractivity contribution in [3.8, 4) is 0 Å². The van der Waals surface area contributed by atoms with Gasteiger partial charge in [-0.15, -0.1) is 0 Å². The summed E-state index contributed by atoms with van der Waals surface area (Å²) in [6.07, 6.45) is 1.53. The summed E-state index contributed by atoms with van der Waals surface area (Å²) in [6.45, 7) is 0. The predicted octanol–water partition coefficient (Wildman–Crippen LogP) is 2.99.